The number of hydrogen-bond acceptors (Lipinski definition) is 6. The number of aromatic nitrogens is 4. The van der Waals surface area contributed by atoms with Gasteiger partial charge in [0.15, 0.2) is 0 Å². The highest BCUT2D eigenvalue weighted by molar-refractivity contribution is 7.14. The maximum atomic E-state index is 8.61. The summed E-state index contributed by atoms with van der Waals surface area (Å²) >= 11 is 7.75. The van der Waals surface area contributed by atoms with Crippen LogP contribution in [0, 0.1) is 11.3 Å². The van der Waals surface area contributed by atoms with Gasteiger partial charge < -0.3 is 5.32 Å². The van der Waals surface area contributed by atoms with E-state index in [0.29, 0.717) is 29.6 Å². The summed E-state index contributed by atoms with van der Waals surface area (Å²) in [6.45, 7) is 0.541. The lowest BCUT2D eigenvalue weighted by Gasteiger charge is -2.05. The molecular weight excluding hydrogens is 320 g/mol. The topological polar surface area (TPSA) is 79.4 Å². The molecule has 3 rings (SSSR count). The van der Waals surface area contributed by atoms with Gasteiger partial charge in [0.25, 0.3) is 0 Å². The molecule has 3 aromatic heterocycles. The van der Waals surface area contributed by atoms with E-state index in [-0.39, 0.29) is 0 Å². The molecule has 0 unspecified atom stereocenters. The molecule has 0 spiro atoms. The minimum Gasteiger partial charge on any atom is -0.316 e. The fourth-order valence-corrected chi connectivity index (χ4v) is 2.67. The second-order valence-corrected chi connectivity index (χ2v) is 5.75. The third-order valence-corrected chi connectivity index (χ3v) is 3.92. The third kappa shape index (κ3) is 3.24. The summed E-state index contributed by atoms with van der Waals surface area (Å²) in [7, 11) is 0. The number of aryl methyl sites for hydroxylation is 1. The molecule has 0 saturated carbocycles. The van der Waals surface area contributed by atoms with Gasteiger partial charge in [-0.3, -0.25) is 4.68 Å². The first-order valence-corrected chi connectivity index (χ1v) is 7.75. The van der Waals surface area contributed by atoms with Crippen molar-refractivity contribution in [3.8, 4) is 17.3 Å². The van der Waals surface area contributed by atoms with Crippen molar-refractivity contribution in [3.63, 3.8) is 0 Å². The molecule has 22 heavy (non-hydrogen) atoms. The molecule has 0 atom stereocenters. The molecular formula is C14H11ClN6S. The van der Waals surface area contributed by atoms with Crippen molar-refractivity contribution < 1.29 is 0 Å². The Balaban J connectivity index is 1.86. The third-order valence-electron chi connectivity index (χ3n) is 2.86. The van der Waals surface area contributed by atoms with Crippen molar-refractivity contribution in [1.82, 2.24) is 19.7 Å². The summed E-state index contributed by atoms with van der Waals surface area (Å²) < 4.78 is 1.70. The average Bonchev–Trinajstić information content (AvgIpc) is 3.19. The van der Waals surface area contributed by atoms with Gasteiger partial charge in [-0.05, 0) is 17.5 Å². The minimum absolute atomic E-state index is 0.407. The molecule has 0 saturated heterocycles. The molecule has 0 radical (unpaired) electrons. The molecule has 0 amide bonds. The SMILES string of the molecule is N#CCCn1cc(-c2nc(Nc3cccs3)ncc2Cl)cn1. The number of nitrogens with one attached hydrogen (secondary N) is 1. The molecule has 8 heteroatoms. The molecule has 0 bridgehead atoms. The van der Waals surface area contributed by atoms with Crippen molar-refractivity contribution in [2.24, 2.45) is 0 Å². The molecule has 0 fully saturated rings. The van der Waals surface area contributed by atoms with Gasteiger partial charge in [-0.15, -0.1) is 11.3 Å². The Labute approximate surface area is 136 Å². The highest BCUT2D eigenvalue weighted by Crippen LogP contribution is 2.27. The van der Waals surface area contributed by atoms with Crippen molar-refractivity contribution in [3.05, 3.63) is 41.1 Å². The first-order valence-electron chi connectivity index (χ1n) is 6.49. The molecule has 1 N–H and O–H groups in total. The Bertz CT molecular complexity index is 805. The van der Waals surface area contributed by atoms with E-state index in [4.69, 9.17) is 16.9 Å². The summed E-state index contributed by atoms with van der Waals surface area (Å²) in [4.78, 5) is 8.62. The van der Waals surface area contributed by atoms with Crippen LogP contribution < -0.4 is 5.32 Å². The zero-order valence-electron chi connectivity index (χ0n) is 11.4. The van der Waals surface area contributed by atoms with E-state index in [2.05, 4.69) is 26.5 Å². The van der Waals surface area contributed by atoms with Crippen molar-refractivity contribution in [2.45, 2.75) is 13.0 Å². The predicted octanol–water partition coefficient (Wildman–Crippen LogP) is 3.71. The van der Waals surface area contributed by atoms with Crippen LogP contribution in [0.1, 0.15) is 6.42 Å². The van der Waals surface area contributed by atoms with E-state index >= 15 is 0 Å². The maximum absolute atomic E-state index is 8.61. The second kappa shape index (κ2) is 6.56. The summed E-state index contributed by atoms with van der Waals surface area (Å²) in [5, 5.41) is 19.3. The quantitative estimate of drug-likeness (QED) is 0.771. The van der Waals surface area contributed by atoms with E-state index in [1.54, 1.807) is 28.4 Å². The number of hydrogen-bond donors (Lipinski definition) is 1. The van der Waals surface area contributed by atoms with E-state index in [0.717, 1.165) is 10.6 Å². The lowest BCUT2D eigenvalue weighted by Crippen LogP contribution is -1.98. The first-order chi connectivity index (χ1) is 10.8. The van der Waals surface area contributed by atoms with Crippen LogP contribution in [0.4, 0.5) is 10.9 Å². The van der Waals surface area contributed by atoms with E-state index in [1.165, 1.54) is 0 Å². The summed E-state index contributed by atoms with van der Waals surface area (Å²) in [6, 6.07) is 5.98. The van der Waals surface area contributed by atoms with Crippen LogP contribution in [0.2, 0.25) is 5.02 Å². The zero-order chi connectivity index (χ0) is 15.4. The number of nitriles is 1. The fourth-order valence-electron chi connectivity index (χ4n) is 1.86. The number of nitrogens with zero attached hydrogens (tertiary/aromatic N) is 5. The fraction of sp³-hybridized carbons (Fsp3) is 0.143. The average molecular weight is 331 g/mol. The largest absolute Gasteiger partial charge is 0.316 e. The van der Waals surface area contributed by atoms with Gasteiger partial charge in [0.1, 0.15) is 0 Å². The standard InChI is InChI=1S/C14H11ClN6S/c15-11-8-17-14(19-12-3-1-6-22-12)20-13(11)10-7-18-21(9-10)5-2-4-16/h1,3,6-9H,2,5H2,(H,17,19,20). The molecule has 0 aliphatic carbocycles. The first kappa shape index (κ1) is 14.5. The zero-order valence-corrected chi connectivity index (χ0v) is 13.0. The van der Waals surface area contributed by atoms with Gasteiger partial charge in [0.2, 0.25) is 5.95 Å². The number of anilines is 2. The van der Waals surface area contributed by atoms with Gasteiger partial charge >= 0.3 is 0 Å². The molecule has 0 aromatic carbocycles. The Morgan fingerprint density at radius 3 is 3.09 bits per heavy atom. The number of thiophene rings is 1. The molecule has 0 aliphatic rings. The predicted molar refractivity (Wildman–Crippen MR) is 86.1 cm³/mol. The molecule has 3 aromatic rings. The van der Waals surface area contributed by atoms with E-state index in [1.807, 2.05) is 23.7 Å². The lowest BCUT2D eigenvalue weighted by molar-refractivity contribution is 0.628. The van der Waals surface area contributed by atoms with E-state index < -0.39 is 0 Å². The van der Waals surface area contributed by atoms with Crippen molar-refractivity contribution >= 4 is 33.9 Å². The summed E-state index contributed by atoms with van der Waals surface area (Å²) in [6.07, 6.45) is 5.47. The number of rotatable bonds is 5. The Kier molecular flexibility index (Phi) is 4.32. The van der Waals surface area contributed by atoms with Gasteiger partial charge in [-0.25, -0.2) is 9.97 Å². The van der Waals surface area contributed by atoms with Crippen LogP contribution in [0.5, 0.6) is 0 Å². The highest BCUT2D eigenvalue weighted by Gasteiger charge is 2.11. The number of halogens is 1. The highest BCUT2D eigenvalue weighted by atomic mass is 35.5. The lowest BCUT2D eigenvalue weighted by atomic mass is 10.2. The van der Waals surface area contributed by atoms with Crippen LogP contribution in [0.25, 0.3) is 11.3 Å². The van der Waals surface area contributed by atoms with E-state index in [9.17, 15) is 0 Å². The van der Waals surface area contributed by atoms with Crippen LogP contribution >= 0.6 is 22.9 Å². The summed E-state index contributed by atoms with van der Waals surface area (Å²) in [5.41, 5.74) is 1.40. The van der Waals surface area contributed by atoms with Crippen LogP contribution in [0.3, 0.4) is 0 Å². The monoisotopic (exact) mass is 330 g/mol. The maximum Gasteiger partial charge on any atom is 0.228 e. The Morgan fingerprint density at radius 1 is 1.41 bits per heavy atom. The summed E-state index contributed by atoms with van der Waals surface area (Å²) in [5.74, 6) is 0.478. The normalized spacial score (nSPS) is 10.4. The Morgan fingerprint density at radius 2 is 2.32 bits per heavy atom. The second-order valence-electron chi connectivity index (χ2n) is 4.39. The van der Waals surface area contributed by atoms with Crippen LogP contribution in [0.15, 0.2) is 36.1 Å². The van der Waals surface area contributed by atoms with Gasteiger partial charge in [0, 0.05) is 11.8 Å². The van der Waals surface area contributed by atoms with Gasteiger partial charge in [0.05, 0.1) is 47.1 Å². The van der Waals surface area contributed by atoms with Gasteiger partial charge in [-0.1, -0.05) is 11.6 Å². The smallest absolute Gasteiger partial charge is 0.228 e. The van der Waals surface area contributed by atoms with Crippen molar-refractivity contribution in [1.29, 1.82) is 5.26 Å². The minimum atomic E-state index is 0.407. The van der Waals surface area contributed by atoms with Crippen LogP contribution in [-0.4, -0.2) is 19.7 Å². The Hall–Kier alpha value is -2.43. The van der Waals surface area contributed by atoms with Crippen LogP contribution in [-0.2, 0) is 6.54 Å². The molecule has 3 heterocycles. The molecule has 6 nitrogen and oxygen atoms in total. The van der Waals surface area contributed by atoms with Gasteiger partial charge in [-0.2, -0.15) is 10.4 Å². The molecule has 110 valence electrons. The van der Waals surface area contributed by atoms with Crippen molar-refractivity contribution in [2.75, 3.05) is 5.32 Å². The molecule has 0 aliphatic heterocycles.